The number of anilines is 1. The number of carbonyl (C=O) groups excluding carboxylic acids is 1. The van der Waals surface area contributed by atoms with E-state index in [0.717, 1.165) is 18.5 Å². The molecule has 0 heterocycles. The van der Waals surface area contributed by atoms with Crippen molar-refractivity contribution in [3.63, 3.8) is 0 Å². The van der Waals surface area contributed by atoms with E-state index in [4.69, 9.17) is 4.74 Å². The minimum Gasteiger partial charge on any atom is -0.462 e. The fourth-order valence-corrected chi connectivity index (χ4v) is 1.43. The van der Waals surface area contributed by atoms with Crippen molar-refractivity contribution in [2.45, 2.75) is 39.7 Å². The number of benzene rings is 1. The van der Waals surface area contributed by atoms with Gasteiger partial charge in [0.1, 0.15) is 0 Å². The third kappa shape index (κ3) is 4.10. The van der Waals surface area contributed by atoms with Crippen LogP contribution in [0, 0.1) is 0 Å². The van der Waals surface area contributed by atoms with Gasteiger partial charge in [0.25, 0.3) is 0 Å². The SMILES string of the molecule is CCCOC(=O)c1ccccc1NC(C)CC. The molecule has 0 fully saturated rings. The Labute approximate surface area is 103 Å². The van der Waals surface area contributed by atoms with Crippen molar-refractivity contribution in [2.24, 2.45) is 0 Å². The number of nitrogens with one attached hydrogen (secondary N) is 1. The second-order valence-corrected chi connectivity index (χ2v) is 4.14. The van der Waals surface area contributed by atoms with E-state index in [2.05, 4.69) is 19.2 Å². The molecule has 0 saturated heterocycles. The number of esters is 1. The Morgan fingerprint density at radius 3 is 2.71 bits per heavy atom. The molecular formula is C14H21NO2. The summed E-state index contributed by atoms with van der Waals surface area (Å²) >= 11 is 0. The standard InChI is InChI=1S/C14H21NO2/c1-4-10-17-14(16)12-8-6-7-9-13(12)15-11(3)5-2/h6-9,11,15H,4-5,10H2,1-3H3. The number of rotatable bonds is 6. The Kier molecular flexibility index (Phi) is 5.53. The topological polar surface area (TPSA) is 38.3 Å². The summed E-state index contributed by atoms with van der Waals surface area (Å²) in [6.07, 6.45) is 1.85. The van der Waals surface area contributed by atoms with Crippen LogP contribution in [0.5, 0.6) is 0 Å². The van der Waals surface area contributed by atoms with Gasteiger partial charge in [-0.05, 0) is 31.9 Å². The van der Waals surface area contributed by atoms with Gasteiger partial charge in [-0.3, -0.25) is 0 Å². The molecule has 0 aliphatic carbocycles. The molecule has 1 unspecified atom stereocenters. The first kappa shape index (κ1) is 13.6. The van der Waals surface area contributed by atoms with E-state index in [0.29, 0.717) is 18.2 Å². The summed E-state index contributed by atoms with van der Waals surface area (Å²) < 4.78 is 5.15. The first-order valence-corrected chi connectivity index (χ1v) is 6.21. The quantitative estimate of drug-likeness (QED) is 0.767. The van der Waals surface area contributed by atoms with Crippen molar-refractivity contribution in [3.8, 4) is 0 Å². The Morgan fingerprint density at radius 1 is 1.35 bits per heavy atom. The summed E-state index contributed by atoms with van der Waals surface area (Å²) in [5.41, 5.74) is 1.46. The highest BCUT2D eigenvalue weighted by atomic mass is 16.5. The Balaban J connectivity index is 2.80. The van der Waals surface area contributed by atoms with E-state index in [1.165, 1.54) is 0 Å². The van der Waals surface area contributed by atoms with E-state index in [1.54, 1.807) is 6.07 Å². The van der Waals surface area contributed by atoms with Gasteiger partial charge in [-0.25, -0.2) is 4.79 Å². The van der Waals surface area contributed by atoms with Crippen molar-refractivity contribution in [1.82, 2.24) is 0 Å². The molecule has 17 heavy (non-hydrogen) atoms. The monoisotopic (exact) mass is 235 g/mol. The van der Waals surface area contributed by atoms with Gasteiger partial charge in [0.2, 0.25) is 0 Å². The Bertz CT molecular complexity index is 363. The average Bonchev–Trinajstić information content (AvgIpc) is 2.36. The lowest BCUT2D eigenvalue weighted by Gasteiger charge is -2.15. The Hall–Kier alpha value is -1.51. The normalized spacial score (nSPS) is 11.9. The van der Waals surface area contributed by atoms with Crippen LogP contribution in [0.4, 0.5) is 5.69 Å². The summed E-state index contributed by atoms with van der Waals surface area (Å²) in [5.74, 6) is -0.252. The zero-order valence-corrected chi connectivity index (χ0v) is 10.8. The summed E-state index contributed by atoms with van der Waals surface area (Å²) in [6, 6.07) is 7.82. The molecule has 0 radical (unpaired) electrons. The highest BCUT2D eigenvalue weighted by molar-refractivity contribution is 5.95. The second-order valence-electron chi connectivity index (χ2n) is 4.14. The third-order valence-corrected chi connectivity index (χ3v) is 2.60. The van der Waals surface area contributed by atoms with Crippen LogP contribution >= 0.6 is 0 Å². The molecular weight excluding hydrogens is 214 g/mol. The van der Waals surface area contributed by atoms with Crippen LogP contribution in [0.3, 0.4) is 0 Å². The second kappa shape index (κ2) is 6.94. The maximum Gasteiger partial charge on any atom is 0.340 e. The van der Waals surface area contributed by atoms with Gasteiger partial charge in [-0.2, -0.15) is 0 Å². The molecule has 0 saturated carbocycles. The largest absolute Gasteiger partial charge is 0.462 e. The van der Waals surface area contributed by atoms with E-state index in [9.17, 15) is 4.79 Å². The van der Waals surface area contributed by atoms with Crippen LogP contribution in [0.2, 0.25) is 0 Å². The highest BCUT2D eigenvalue weighted by Crippen LogP contribution is 2.17. The summed E-state index contributed by atoms with van der Waals surface area (Å²) in [7, 11) is 0. The van der Waals surface area contributed by atoms with Gasteiger partial charge >= 0.3 is 5.97 Å². The molecule has 1 atom stereocenters. The van der Waals surface area contributed by atoms with Gasteiger partial charge in [0.05, 0.1) is 12.2 Å². The lowest BCUT2D eigenvalue weighted by Crippen LogP contribution is -2.17. The van der Waals surface area contributed by atoms with Crippen molar-refractivity contribution >= 4 is 11.7 Å². The number of hydrogen-bond acceptors (Lipinski definition) is 3. The molecule has 0 aliphatic heterocycles. The highest BCUT2D eigenvalue weighted by Gasteiger charge is 2.12. The van der Waals surface area contributed by atoms with Gasteiger partial charge in [0, 0.05) is 11.7 Å². The van der Waals surface area contributed by atoms with Crippen molar-refractivity contribution in [3.05, 3.63) is 29.8 Å². The molecule has 1 aromatic rings. The van der Waals surface area contributed by atoms with Gasteiger partial charge in [0.15, 0.2) is 0 Å². The first-order valence-electron chi connectivity index (χ1n) is 6.21. The predicted molar refractivity (Wildman–Crippen MR) is 70.4 cm³/mol. The van der Waals surface area contributed by atoms with E-state index < -0.39 is 0 Å². The van der Waals surface area contributed by atoms with Crippen LogP contribution in [0.1, 0.15) is 44.0 Å². The van der Waals surface area contributed by atoms with E-state index in [-0.39, 0.29) is 5.97 Å². The van der Waals surface area contributed by atoms with Crippen LogP contribution in [-0.2, 0) is 4.74 Å². The molecule has 0 aromatic heterocycles. The van der Waals surface area contributed by atoms with Gasteiger partial charge in [-0.1, -0.05) is 26.0 Å². The number of ether oxygens (including phenoxy) is 1. The molecule has 0 bridgehead atoms. The molecule has 94 valence electrons. The zero-order valence-electron chi connectivity index (χ0n) is 10.8. The summed E-state index contributed by atoms with van der Waals surface area (Å²) in [4.78, 5) is 11.8. The van der Waals surface area contributed by atoms with Crippen molar-refractivity contribution < 1.29 is 9.53 Å². The maximum atomic E-state index is 11.8. The average molecular weight is 235 g/mol. The van der Waals surface area contributed by atoms with Gasteiger partial charge in [-0.15, -0.1) is 0 Å². The van der Waals surface area contributed by atoms with E-state index in [1.807, 2.05) is 25.1 Å². The van der Waals surface area contributed by atoms with Crippen molar-refractivity contribution in [2.75, 3.05) is 11.9 Å². The van der Waals surface area contributed by atoms with Crippen LogP contribution in [0.15, 0.2) is 24.3 Å². The van der Waals surface area contributed by atoms with Crippen LogP contribution < -0.4 is 5.32 Å². The van der Waals surface area contributed by atoms with Crippen LogP contribution in [-0.4, -0.2) is 18.6 Å². The van der Waals surface area contributed by atoms with Crippen LogP contribution in [0.25, 0.3) is 0 Å². The number of hydrogen-bond donors (Lipinski definition) is 1. The molecule has 3 heteroatoms. The lowest BCUT2D eigenvalue weighted by molar-refractivity contribution is 0.0506. The third-order valence-electron chi connectivity index (χ3n) is 2.60. The molecule has 1 N–H and O–H groups in total. The molecule has 3 nitrogen and oxygen atoms in total. The molecule has 1 aromatic carbocycles. The molecule has 0 spiro atoms. The molecule has 0 amide bonds. The fourth-order valence-electron chi connectivity index (χ4n) is 1.43. The minimum atomic E-state index is -0.252. The number of para-hydroxylation sites is 1. The fraction of sp³-hybridized carbons (Fsp3) is 0.500. The maximum absolute atomic E-state index is 11.8. The summed E-state index contributed by atoms with van der Waals surface area (Å²) in [5, 5.41) is 3.32. The predicted octanol–water partition coefficient (Wildman–Crippen LogP) is 3.46. The summed E-state index contributed by atoms with van der Waals surface area (Å²) in [6.45, 7) is 6.65. The number of carbonyl (C=O) groups is 1. The lowest BCUT2D eigenvalue weighted by atomic mass is 10.1. The van der Waals surface area contributed by atoms with Gasteiger partial charge < -0.3 is 10.1 Å². The zero-order chi connectivity index (χ0) is 12.7. The smallest absolute Gasteiger partial charge is 0.340 e. The minimum absolute atomic E-state index is 0.252. The first-order chi connectivity index (χ1) is 8.19. The molecule has 1 rings (SSSR count). The molecule has 0 aliphatic rings. The van der Waals surface area contributed by atoms with Crippen molar-refractivity contribution in [1.29, 1.82) is 0 Å². The Morgan fingerprint density at radius 2 is 2.06 bits per heavy atom. The van der Waals surface area contributed by atoms with E-state index >= 15 is 0 Å².